The molecule has 2 aliphatic rings. The molecule has 1 aliphatic heterocycles. The highest BCUT2D eigenvalue weighted by atomic mass is 16.5. The number of nitrogens with zero attached hydrogens (tertiary/aromatic N) is 3. The molecule has 0 bridgehead atoms. The second-order valence-electron chi connectivity index (χ2n) is 7.47. The van der Waals surface area contributed by atoms with Crippen LogP contribution in [-0.2, 0) is 14.3 Å². The number of morpholine rings is 1. The fraction of sp³-hybridized carbons (Fsp3) is 0.722. The summed E-state index contributed by atoms with van der Waals surface area (Å²) in [4.78, 5) is 27.3. The Kier molecular flexibility index (Phi) is 4.86. The normalized spacial score (nSPS) is 26.1. The number of aromatic nitrogens is 2. The molecule has 0 radical (unpaired) electrons. The lowest BCUT2D eigenvalue weighted by atomic mass is 9.90. The molecule has 1 aliphatic carbocycles. The zero-order valence-electron chi connectivity index (χ0n) is 15.4. The topological polar surface area (TPSA) is 73.7 Å². The number of carbonyl (C=O) groups excluding carboxylic acids is 2. The molecule has 1 unspecified atom stereocenters. The molecule has 1 aromatic heterocycles. The summed E-state index contributed by atoms with van der Waals surface area (Å²) in [6.07, 6.45) is 1.49. The number of ketones is 1. The number of Topliss-reactive ketones (excluding diaryl/α,β-unsaturated/α-hetero) is 1. The smallest absolute Gasteiger partial charge is 0.356 e. The number of rotatable bonds is 4. The highest BCUT2D eigenvalue weighted by Crippen LogP contribution is 2.41. The van der Waals surface area contributed by atoms with Crippen LogP contribution in [0.1, 0.15) is 57.1 Å². The van der Waals surface area contributed by atoms with Crippen LogP contribution in [0.3, 0.4) is 0 Å². The van der Waals surface area contributed by atoms with Crippen molar-refractivity contribution in [1.82, 2.24) is 9.78 Å². The predicted molar refractivity (Wildman–Crippen MR) is 92.9 cm³/mol. The third-order valence-corrected chi connectivity index (χ3v) is 5.18. The van der Waals surface area contributed by atoms with Gasteiger partial charge in [0.2, 0.25) is 0 Å². The molecule has 0 N–H and O–H groups in total. The van der Waals surface area contributed by atoms with Gasteiger partial charge in [-0.2, -0.15) is 5.10 Å². The predicted octanol–water partition coefficient (Wildman–Crippen LogP) is 2.22. The summed E-state index contributed by atoms with van der Waals surface area (Å²) >= 11 is 0. The van der Waals surface area contributed by atoms with Crippen LogP contribution < -0.4 is 4.90 Å². The van der Waals surface area contributed by atoms with Crippen molar-refractivity contribution in [3.8, 4) is 0 Å². The highest BCUT2D eigenvalue weighted by Gasteiger charge is 2.43. The summed E-state index contributed by atoms with van der Waals surface area (Å²) in [6.45, 7) is 9.99. The number of ether oxygens (including phenoxy) is 2. The monoisotopic (exact) mass is 349 g/mol. The van der Waals surface area contributed by atoms with Crippen LogP contribution in [0.4, 0.5) is 5.82 Å². The first-order valence-electron chi connectivity index (χ1n) is 9.00. The maximum atomic E-state index is 12.8. The average Bonchev–Trinajstić information content (AvgIpc) is 3.10. The maximum Gasteiger partial charge on any atom is 0.356 e. The van der Waals surface area contributed by atoms with E-state index >= 15 is 0 Å². The molecule has 7 heteroatoms. The molecule has 25 heavy (non-hydrogen) atoms. The average molecular weight is 349 g/mol. The van der Waals surface area contributed by atoms with E-state index in [9.17, 15) is 9.59 Å². The molecule has 0 aromatic carbocycles. The van der Waals surface area contributed by atoms with Gasteiger partial charge in [-0.15, -0.1) is 0 Å². The summed E-state index contributed by atoms with van der Waals surface area (Å²) in [6, 6.07) is 1.51. The Morgan fingerprint density at radius 3 is 2.84 bits per heavy atom. The standard InChI is InChI=1S/C18H27N3O4/c1-5-25-17(23)14-10-15(20-8-9-24-11-12(20)2)19-21(14)13-6-7-18(3,4)16(13)22/h10,12-13H,5-9,11H2,1-4H3/t12-,13?/m1/s1. The second-order valence-corrected chi connectivity index (χ2v) is 7.47. The largest absolute Gasteiger partial charge is 0.461 e. The first kappa shape index (κ1) is 17.9. The Labute approximate surface area is 148 Å². The van der Waals surface area contributed by atoms with Gasteiger partial charge in [-0.25, -0.2) is 9.48 Å². The van der Waals surface area contributed by atoms with Gasteiger partial charge in [0.1, 0.15) is 11.7 Å². The Hall–Kier alpha value is -1.89. The minimum Gasteiger partial charge on any atom is -0.461 e. The molecule has 1 saturated heterocycles. The van der Waals surface area contributed by atoms with E-state index in [0.717, 1.165) is 6.42 Å². The van der Waals surface area contributed by atoms with E-state index in [4.69, 9.17) is 9.47 Å². The van der Waals surface area contributed by atoms with Gasteiger partial charge in [-0.1, -0.05) is 13.8 Å². The van der Waals surface area contributed by atoms with E-state index in [2.05, 4.69) is 16.9 Å². The molecule has 1 saturated carbocycles. The minimum absolute atomic E-state index is 0.128. The van der Waals surface area contributed by atoms with Crippen molar-refractivity contribution in [1.29, 1.82) is 0 Å². The summed E-state index contributed by atoms with van der Waals surface area (Å²) < 4.78 is 12.3. The van der Waals surface area contributed by atoms with Crippen molar-refractivity contribution < 1.29 is 19.1 Å². The molecular weight excluding hydrogens is 322 g/mol. The van der Waals surface area contributed by atoms with Gasteiger partial charge in [0, 0.05) is 18.0 Å². The number of carbonyl (C=O) groups is 2. The molecule has 7 nitrogen and oxygen atoms in total. The van der Waals surface area contributed by atoms with E-state index in [-0.39, 0.29) is 23.8 Å². The Bertz CT molecular complexity index is 667. The Morgan fingerprint density at radius 1 is 1.48 bits per heavy atom. The first-order chi connectivity index (χ1) is 11.8. The van der Waals surface area contributed by atoms with E-state index in [1.165, 1.54) is 0 Å². The van der Waals surface area contributed by atoms with Gasteiger partial charge in [0.25, 0.3) is 0 Å². The Balaban J connectivity index is 1.98. The fourth-order valence-electron chi connectivity index (χ4n) is 3.62. The third-order valence-electron chi connectivity index (χ3n) is 5.18. The summed E-state index contributed by atoms with van der Waals surface area (Å²) in [5, 5.41) is 4.65. The van der Waals surface area contributed by atoms with Crippen molar-refractivity contribution >= 4 is 17.6 Å². The van der Waals surface area contributed by atoms with E-state index in [1.807, 2.05) is 13.8 Å². The lowest BCUT2D eigenvalue weighted by molar-refractivity contribution is -0.127. The molecule has 2 fully saturated rings. The molecule has 0 amide bonds. The van der Waals surface area contributed by atoms with Gasteiger partial charge >= 0.3 is 5.97 Å². The summed E-state index contributed by atoms with van der Waals surface area (Å²) in [5.41, 5.74) is -0.0267. The van der Waals surface area contributed by atoms with Crippen LogP contribution >= 0.6 is 0 Å². The molecular formula is C18H27N3O4. The SMILES string of the molecule is CCOC(=O)c1cc(N2CCOC[C@H]2C)nn1C1CCC(C)(C)C1=O. The van der Waals surface area contributed by atoms with Crippen molar-refractivity contribution in [2.75, 3.05) is 31.3 Å². The van der Waals surface area contributed by atoms with Crippen molar-refractivity contribution in [2.45, 2.75) is 52.6 Å². The van der Waals surface area contributed by atoms with E-state index < -0.39 is 12.0 Å². The van der Waals surface area contributed by atoms with Gasteiger partial charge in [-0.05, 0) is 26.7 Å². The molecule has 2 atom stereocenters. The van der Waals surface area contributed by atoms with Gasteiger partial charge in [0.15, 0.2) is 11.6 Å². The lowest BCUT2D eigenvalue weighted by Crippen LogP contribution is -2.44. The zero-order valence-corrected chi connectivity index (χ0v) is 15.4. The van der Waals surface area contributed by atoms with Crippen LogP contribution in [0.15, 0.2) is 6.07 Å². The number of anilines is 1. The summed E-state index contributed by atoms with van der Waals surface area (Å²) in [7, 11) is 0. The van der Waals surface area contributed by atoms with Crippen LogP contribution in [0.5, 0.6) is 0 Å². The van der Waals surface area contributed by atoms with Crippen molar-refractivity contribution in [2.24, 2.45) is 5.41 Å². The van der Waals surface area contributed by atoms with Crippen LogP contribution in [-0.4, -0.2) is 53.9 Å². The molecule has 2 heterocycles. The lowest BCUT2D eigenvalue weighted by Gasteiger charge is -2.33. The van der Waals surface area contributed by atoms with Crippen LogP contribution in [0.25, 0.3) is 0 Å². The number of hydrogen-bond donors (Lipinski definition) is 0. The fourth-order valence-corrected chi connectivity index (χ4v) is 3.62. The second kappa shape index (κ2) is 6.78. The van der Waals surface area contributed by atoms with Gasteiger partial charge in [-0.3, -0.25) is 4.79 Å². The summed E-state index contributed by atoms with van der Waals surface area (Å²) in [5.74, 6) is 0.402. The molecule has 0 spiro atoms. The molecule has 1 aromatic rings. The third kappa shape index (κ3) is 3.29. The van der Waals surface area contributed by atoms with E-state index in [0.29, 0.717) is 37.7 Å². The highest BCUT2D eigenvalue weighted by molar-refractivity contribution is 5.93. The quantitative estimate of drug-likeness (QED) is 0.776. The van der Waals surface area contributed by atoms with Crippen molar-refractivity contribution in [3.63, 3.8) is 0 Å². The Morgan fingerprint density at radius 2 is 2.24 bits per heavy atom. The number of esters is 1. The first-order valence-corrected chi connectivity index (χ1v) is 9.00. The van der Waals surface area contributed by atoms with Crippen molar-refractivity contribution in [3.05, 3.63) is 11.8 Å². The zero-order chi connectivity index (χ0) is 18.2. The van der Waals surface area contributed by atoms with Crippen LogP contribution in [0, 0.1) is 5.41 Å². The van der Waals surface area contributed by atoms with E-state index in [1.54, 1.807) is 17.7 Å². The van der Waals surface area contributed by atoms with Gasteiger partial charge in [0.05, 0.1) is 25.9 Å². The number of hydrogen-bond acceptors (Lipinski definition) is 6. The minimum atomic E-state index is -0.431. The molecule has 138 valence electrons. The molecule has 3 rings (SSSR count). The van der Waals surface area contributed by atoms with Crippen LogP contribution in [0.2, 0.25) is 0 Å². The maximum absolute atomic E-state index is 12.8. The van der Waals surface area contributed by atoms with Gasteiger partial charge < -0.3 is 14.4 Å².